The highest BCUT2D eigenvalue weighted by atomic mass is 19.4. The van der Waals surface area contributed by atoms with Crippen LogP contribution in [-0.4, -0.2) is 12.3 Å². The van der Waals surface area contributed by atoms with Crippen molar-refractivity contribution >= 4 is 0 Å². The van der Waals surface area contributed by atoms with E-state index in [-0.39, 0.29) is 0 Å². The molecule has 29 heavy (non-hydrogen) atoms. The van der Waals surface area contributed by atoms with Crippen LogP contribution in [0.15, 0.2) is 24.3 Å². The Balaban J connectivity index is 1.49. The van der Waals surface area contributed by atoms with Crippen LogP contribution in [0.3, 0.4) is 0 Å². The Bertz CT molecular complexity index is 624. The predicted molar refractivity (Wildman–Crippen MR) is 103 cm³/mol. The highest BCUT2D eigenvalue weighted by Crippen LogP contribution is 2.45. The molecule has 2 aliphatic carbocycles. The second-order valence-corrected chi connectivity index (χ2v) is 8.87. The van der Waals surface area contributed by atoms with Crippen molar-refractivity contribution in [2.75, 3.05) is 0 Å². The fourth-order valence-corrected chi connectivity index (χ4v) is 5.29. The molecule has 0 aromatic heterocycles. The molecule has 2 fully saturated rings. The molecule has 3 rings (SSSR count). The number of hydrogen-bond acceptors (Lipinski definition) is 1. The molecule has 0 spiro atoms. The van der Waals surface area contributed by atoms with Gasteiger partial charge in [-0.3, -0.25) is 0 Å². The van der Waals surface area contributed by atoms with E-state index in [4.69, 9.17) is 0 Å². The Morgan fingerprint density at radius 3 is 1.79 bits per heavy atom. The number of alkyl halides is 5. The third-order valence-corrected chi connectivity index (χ3v) is 6.95. The quantitative estimate of drug-likeness (QED) is 0.424. The largest absolute Gasteiger partial charge is 0.499 e. The summed E-state index contributed by atoms with van der Waals surface area (Å²) in [6, 6.07) is 5.69. The standard InChI is InChI=1S/C23H31F5O/c1-2-3-16-4-6-17(7-5-16)18-8-10-19(11-9-18)20-12-14-21(15-13-20)29-23(27,28)22(24,25)26/h12-19H,2-11H2,1H3. The predicted octanol–water partition coefficient (Wildman–Crippen LogP) is 8.10. The molecule has 0 atom stereocenters. The molecule has 2 saturated carbocycles. The van der Waals surface area contributed by atoms with Crippen LogP contribution < -0.4 is 4.74 Å². The molecule has 0 saturated heterocycles. The van der Waals surface area contributed by atoms with Gasteiger partial charge in [0, 0.05) is 0 Å². The van der Waals surface area contributed by atoms with Crippen LogP contribution in [0.4, 0.5) is 22.0 Å². The van der Waals surface area contributed by atoms with Gasteiger partial charge in [-0.05, 0) is 79.9 Å². The molecule has 2 aliphatic rings. The second kappa shape index (κ2) is 9.22. The van der Waals surface area contributed by atoms with Gasteiger partial charge in [-0.15, -0.1) is 0 Å². The lowest BCUT2D eigenvalue weighted by molar-refractivity contribution is -0.360. The minimum atomic E-state index is -5.72. The highest BCUT2D eigenvalue weighted by molar-refractivity contribution is 5.30. The molecule has 0 aliphatic heterocycles. The maximum atomic E-state index is 13.0. The molecule has 1 aromatic carbocycles. The SMILES string of the molecule is CCCC1CCC(C2CCC(c3ccc(OC(F)(F)C(F)(F)F)cc3)CC2)CC1. The van der Waals surface area contributed by atoms with Gasteiger partial charge in [0.2, 0.25) is 0 Å². The molecule has 0 bridgehead atoms. The van der Waals surface area contributed by atoms with Crippen molar-refractivity contribution in [3.8, 4) is 5.75 Å². The lowest BCUT2D eigenvalue weighted by Gasteiger charge is -2.38. The molecule has 0 radical (unpaired) electrons. The van der Waals surface area contributed by atoms with E-state index in [2.05, 4.69) is 11.7 Å². The van der Waals surface area contributed by atoms with Crippen LogP contribution >= 0.6 is 0 Å². The molecule has 1 nitrogen and oxygen atoms in total. The maximum Gasteiger partial charge on any atom is 0.499 e. The minimum absolute atomic E-state index is 0.347. The van der Waals surface area contributed by atoms with Crippen LogP contribution in [0.1, 0.15) is 82.6 Å². The topological polar surface area (TPSA) is 9.23 Å². The Morgan fingerprint density at radius 1 is 0.793 bits per heavy atom. The summed E-state index contributed by atoms with van der Waals surface area (Å²) in [5.74, 6) is 2.41. The highest BCUT2D eigenvalue weighted by Gasteiger charge is 2.61. The lowest BCUT2D eigenvalue weighted by atomic mass is 9.68. The van der Waals surface area contributed by atoms with E-state index >= 15 is 0 Å². The van der Waals surface area contributed by atoms with Gasteiger partial charge in [-0.1, -0.05) is 44.7 Å². The summed E-state index contributed by atoms with van der Waals surface area (Å²) in [6.07, 6.45) is 1.62. The van der Waals surface area contributed by atoms with Crippen molar-refractivity contribution < 1.29 is 26.7 Å². The summed E-state index contributed by atoms with van der Waals surface area (Å²) < 4.78 is 66.7. The van der Waals surface area contributed by atoms with Crippen molar-refractivity contribution in [2.45, 2.75) is 89.3 Å². The van der Waals surface area contributed by atoms with Crippen LogP contribution in [0.25, 0.3) is 0 Å². The number of rotatable bonds is 6. The third kappa shape index (κ3) is 5.64. The van der Waals surface area contributed by atoms with Crippen LogP contribution in [-0.2, 0) is 0 Å². The Labute approximate surface area is 170 Å². The summed E-state index contributed by atoms with van der Waals surface area (Å²) in [4.78, 5) is 0. The maximum absolute atomic E-state index is 13.0. The first kappa shape index (κ1) is 22.4. The van der Waals surface area contributed by atoms with E-state index in [9.17, 15) is 22.0 Å². The van der Waals surface area contributed by atoms with Gasteiger partial charge in [0.05, 0.1) is 0 Å². The Morgan fingerprint density at radius 2 is 1.31 bits per heavy atom. The van der Waals surface area contributed by atoms with E-state index in [0.717, 1.165) is 36.2 Å². The lowest BCUT2D eigenvalue weighted by Crippen LogP contribution is -2.41. The molecule has 0 amide bonds. The summed E-state index contributed by atoms with van der Waals surface area (Å²) in [6.45, 7) is 2.26. The first-order valence-electron chi connectivity index (χ1n) is 10.9. The van der Waals surface area contributed by atoms with E-state index in [0.29, 0.717) is 5.92 Å². The zero-order chi connectivity index (χ0) is 21.1. The molecule has 0 N–H and O–H groups in total. The Kier molecular flexibility index (Phi) is 7.10. The van der Waals surface area contributed by atoms with Gasteiger partial charge in [0.25, 0.3) is 0 Å². The summed E-state index contributed by atoms with van der Waals surface area (Å²) >= 11 is 0. The van der Waals surface area contributed by atoms with Crippen LogP contribution in [0.5, 0.6) is 5.75 Å². The Hall–Kier alpha value is -1.33. The van der Waals surface area contributed by atoms with Gasteiger partial charge in [0.15, 0.2) is 0 Å². The molecule has 6 heteroatoms. The number of benzene rings is 1. The van der Waals surface area contributed by atoms with Gasteiger partial charge < -0.3 is 4.74 Å². The summed E-state index contributed by atoms with van der Waals surface area (Å²) in [7, 11) is 0. The number of ether oxygens (including phenoxy) is 1. The van der Waals surface area contributed by atoms with Gasteiger partial charge in [-0.25, -0.2) is 0 Å². The minimum Gasteiger partial charge on any atom is -0.426 e. The monoisotopic (exact) mass is 418 g/mol. The first-order valence-corrected chi connectivity index (χ1v) is 10.9. The zero-order valence-electron chi connectivity index (χ0n) is 17.0. The molecule has 1 aromatic rings. The zero-order valence-corrected chi connectivity index (χ0v) is 17.0. The number of halogens is 5. The normalized spacial score (nSPS) is 28.9. The average Bonchev–Trinajstić information content (AvgIpc) is 2.68. The van der Waals surface area contributed by atoms with E-state index in [1.54, 1.807) is 12.1 Å². The van der Waals surface area contributed by atoms with E-state index in [1.165, 1.54) is 63.5 Å². The van der Waals surface area contributed by atoms with Crippen molar-refractivity contribution in [1.82, 2.24) is 0 Å². The van der Waals surface area contributed by atoms with Crippen LogP contribution in [0.2, 0.25) is 0 Å². The van der Waals surface area contributed by atoms with E-state index in [1.807, 2.05) is 0 Å². The fraction of sp³-hybridized carbons (Fsp3) is 0.739. The van der Waals surface area contributed by atoms with Crippen molar-refractivity contribution in [3.63, 3.8) is 0 Å². The van der Waals surface area contributed by atoms with Crippen molar-refractivity contribution in [2.24, 2.45) is 17.8 Å². The third-order valence-electron chi connectivity index (χ3n) is 6.95. The van der Waals surface area contributed by atoms with Gasteiger partial charge in [-0.2, -0.15) is 22.0 Å². The molecule has 0 unspecified atom stereocenters. The summed E-state index contributed by atoms with van der Waals surface area (Å²) in [5, 5.41) is 0. The van der Waals surface area contributed by atoms with E-state index < -0.39 is 18.0 Å². The van der Waals surface area contributed by atoms with Crippen molar-refractivity contribution in [3.05, 3.63) is 29.8 Å². The number of hydrogen-bond donors (Lipinski definition) is 0. The molecule has 0 heterocycles. The molecular formula is C23H31F5O. The average molecular weight is 418 g/mol. The summed E-state index contributed by atoms with van der Waals surface area (Å²) in [5.41, 5.74) is 0.998. The fourth-order valence-electron chi connectivity index (χ4n) is 5.29. The second-order valence-electron chi connectivity index (χ2n) is 8.87. The van der Waals surface area contributed by atoms with Gasteiger partial charge in [0.1, 0.15) is 5.75 Å². The molecular weight excluding hydrogens is 387 g/mol. The van der Waals surface area contributed by atoms with Gasteiger partial charge >= 0.3 is 12.3 Å². The molecule has 164 valence electrons. The smallest absolute Gasteiger partial charge is 0.426 e. The van der Waals surface area contributed by atoms with Crippen LogP contribution in [0, 0.1) is 17.8 Å². The first-order chi connectivity index (χ1) is 13.7. The van der Waals surface area contributed by atoms with Crippen molar-refractivity contribution in [1.29, 1.82) is 0 Å².